The quantitative estimate of drug-likeness (QED) is 0.471. The number of hydrogen-bond donors (Lipinski definition) is 0. The van der Waals surface area contributed by atoms with Gasteiger partial charge in [-0.25, -0.2) is 4.79 Å². The molecule has 0 heterocycles. The molecular weight excluding hydrogens is 314 g/mol. The molecule has 1 aromatic carbocycles. The van der Waals surface area contributed by atoms with E-state index in [9.17, 15) is 9.70 Å². The van der Waals surface area contributed by atoms with Gasteiger partial charge in [0.15, 0.2) is 13.1 Å². The maximum absolute atomic E-state index is 11.4. The van der Waals surface area contributed by atoms with E-state index < -0.39 is 12.0 Å². The monoisotopic (exact) mass is 328 g/mol. The van der Waals surface area contributed by atoms with Crippen molar-refractivity contribution >= 4 is 33.3 Å². The Hall–Kier alpha value is -1.63. The Kier molecular flexibility index (Phi) is 5.75. The van der Waals surface area contributed by atoms with E-state index in [1.165, 1.54) is 7.05 Å². The first kappa shape index (κ1) is 15.4. The third kappa shape index (κ3) is 4.51. The van der Waals surface area contributed by atoms with Crippen molar-refractivity contribution in [2.75, 3.05) is 13.7 Å². The minimum absolute atomic E-state index is 0.312. The van der Waals surface area contributed by atoms with Gasteiger partial charge in [0.2, 0.25) is 0 Å². The Morgan fingerprint density at radius 1 is 1.53 bits per heavy atom. The number of esters is 1. The fourth-order valence-electron chi connectivity index (χ4n) is 1.23. The summed E-state index contributed by atoms with van der Waals surface area (Å²) in [6.45, 7) is 3.65. The molecule has 1 rings (SSSR count). The smallest absolute Gasteiger partial charge is 0.332 e. The summed E-state index contributed by atoms with van der Waals surface area (Å²) in [6, 6.07) is 4.25. The Labute approximate surface area is 119 Å². The maximum atomic E-state index is 11.4. The zero-order valence-corrected chi connectivity index (χ0v) is 12.5. The molecule has 0 aliphatic heterocycles. The lowest BCUT2D eigenvalue weighted by atomic mass is 10.3. The van der Waals surface area contributed by atoms with Crippen LogP contribution in [-0.4, -0.2) is 30.4 Å². The molecule has 102 valence electrons. The topological polar surface area (TPSA) is 71.1 Å². The van der Waals surface area contributed by atoms with Gasteiger partial charge in [-0.15, -0.1) is 0 Å². The Bertz CT molecular complexity index is 517. The Morgan fingerprint density at radius 3 is 2.74 bits per heavy atom. The fraction of sp³-hybridized carbons (Fsp3) is 0.417. The van der Waals surface area contributed by atoms with Gasteiger partial charge in [-0.2, -0.15) is 10.2 Å². The third-order valence-corrected chi connectivity index (χ3v) is 2.90. The van der Waals surface area contributed by atoms with Crippen molar-refractivity contribution in [1.82, 2.24) is 0 Å². The number of benzene rings is 1. The highest BCUT2D eigenvalue weighted by atomic mass is 79.9. The average Bonchev–Trinajstić information content (AvgIpc) is 2.36. The minimum atomic E-state index is -0.659. The molecule has 1 aromatic rings. The summed E-state index contributed by atoms with van der Waals surface area (Å²) in [5.41, 5.74) is 1.05. The van der Waals surface area contributed by atoms with E-state index in [1.807, 2.05) is 0 Å². The predicted octanol–water partition coefficient (Wildman–Crippen LogP) is 3.52. The van der Waals surface area contributed by atoms with E-state index in [2.05, 4.69) is 26.2 Å². The van der Waals surface area contributed by atoms with Crippen LogP contribution in [-0.2, 0) is 9.53 Å². The van der Waals surface area contributed by atoms with Gasteiger partial charge in [0.25, 0.3) is 5.69 Å². The first-order valence-corrected chi connectivity index (χ1v) is 6.53. The fourth-order valence-corrected chi connectivity index (χ4v) is 1.68. The van der Waals surface area contributed by atoms with Crippen LogP contribution in [0.2, 0.25) is 0 Å². The largest absolute Gasteiger partial charge is 0.464 e. The lowest BCUT2D eigenvalue weighted by Gasteiger charge is -2.04. The van der Waals surface area contributed by atoms with E-state index in [1.54, 1.807) is 32.0 Å². The molecule has 6 nitrogen and oxygen atoms in total. The normalized spacial score (nSPS) is 12.4. The zero-order chi connectivity index (χ0) is 14.4. The van der Waals surface area contributed by atoms with Gasteiger partial charge >= 0.3 is 5.97 Å². The van der Waals surface area contributed by atoms with Crippen LogP contribution in [0.3, 0.4) is 0 Å². The summed E-state index contributed by atoms with van der Waals surface area (Å²) in [6.07, 6.45) is 0. The Morgan fingerprint density at radius 2 is 2.21 bits per heavy atom. The van der Waals surface area contributed by atoms with Crippen LogP contribution < -0.4 is 0 Å². The van der Waals surface area contributed by atoms with Crippen LogP contribution in [0, 0.1) is 4.91 Å². The van der Waals surface area contributed by atoms with Crippen LogP contribution in [0.1, 0.15) is 13.8 Å². The SMILES string of the molecule is CCOC(=O)C(C)N=Nc1ccc([N+](C)=O)cc1Br. The molecule has 0 bridgehead atoms. The van der Waals surface area contributed by atoms with E-state index in [4.69, 9.17) is 4.74 Å². The van der Waals surface area contributed by atoms with Crippen LogP contribution in [0.5, 0.6) is 0 Å². The predicted molar refractivity (Wildman–Crippen MR) is 74.0 cm³/mol. The van der Waals surface area contributed by atoms with E-state index >= 15 is 0 Å². The van der Waals surface area contributed by atoms with Gasteiger partial charge < -0.3 is 4.74 Å². The van der Waals surface area contributed by atoms with E-state index in [0.717, 1.165) is 4.76 Å². The first-order chi connectivity index (χ1) is 8.95. The van der Waals surface area contributed by atoms with Crippen LogP contribution in [0.4, 0.5) is 11.4 Å². The second kappa shape index (κ2) is 7.08. The number of nitroso groups, excluding NO2 is 1. The highest BCUT2D eigenvalue weighted by molar-refractivity contribution is 9.10. The number of nitrogens with zero attached hydrogens (tertiary/aromatic N) is 3. The summed E-state index contributed by atoms with van der Waals surface area (Å²) in [4.78, 5) is 22.5. The van der Waals surface area contributed by atoms with Gasteiger partial charge in [-0.1, -0.05) is 0 Å². The molecule has 1 atom stereocenters. The van der Waals surface area contributed by atoms with Crippen molar-refractivity contribution in [2.24, 2.45) is 10.2 Å². The number of carbonyl (C=O) groups is 1. The number of carbonyl (C=O) groups excluding carboxylic acids is 1. The maximum Gasteiger partial charge on any atom is 0.332 e. The van der Waals surface area contributed by atoms with Crippen LogP contribution in [0.25, 0.3) is 0 Å². The van der Waals surface area contributed by atoms with Gasteiger partial charge in [0.1, 0.15) is 0 Å². The summed E-state index contributed by atoms with van der Waals surface area (Å²) in [7, 11) is 1.41. The van der Waals surface area contributed by atoms with Crippen molar-refractivity contribution in [3.63, 3.8) is 0 Å². The molecule has 0 aromatic heterocycles. The highest BCUT2D eigenvalue weighted by Gasteiger charge is 2.13. The van der Waals surface area contributed by atoms with E-state index in [-0.39, 0.29) is 0 Å². The van der Waals surface area contributed by atoms with Crippen molar-refractivity contribution in [3.05, 3.63) is 27.6 Å². The molecule has 0 saturated carbocycles. The van der Waals surface area contributed by atoms with Crippen LogP contribution >= 0.6 is 15.9 Å². The number of rotatable bonds is 5. The molecule has 0 N–H and O–H groups in total. The van der Waals surface area contributed by atoms with Crippen molar-refractivity contribution < 1.29 is 14.3 Å². The molecule has 0 radical (unpaired) electrons. The minimum Gasteiger partial charge on any atom is -0.464 e. The number of hydrogen-bond acceptors (Lipinski definition) is 5. The second-order valence-corrected chi connectivity index (χ2v) is 4.63. The Balaban J connectivity index is 2.82. The molecule has 0 aliphatic rings. The molecule has 0 saturated heterocycles. The summed E-state index contributed by atoms with van der Waals surface area (Å²) < 4.78 is 6.20. The molecule has 0 aliphatic carbocycles. The molecule has 0 amide bonds. The lowest BCUT2D eigenvalue weighted by Crippen LogP contribution is -2.17. The standard InChI is InChI=1S/C12H15BrN3O3/c1-4-19-12(17)8(2)14-15-11-6-5-9(16(3)18)7-10(11)13/h5-8H,4H2,1-3H3/q+1. The number of halogens is 1. The van der Waals surface area contributed by atoms with Crippen molar-refractivity contribution in [1.29, 1.82) is 0 Å². The van der Waals surface area contributed by atoms with Crippen molar-refractivity contribution in [3.8, 4) is 0 Å². The lowest BCUT2D eigenvalue weighted by molar-refractivity contribution is -0.428. The molecule has 0 fully saturated rings. The van der Waals surface area contributed by atoms with Gasteiger partial charge in [-0.05, 0) is 35.8 Å². The zero-order valence-electron chi connectivity index (χ0n) is 11.0. The van der Waals surface area contributed by atoms with E-state index in [0.29, 0.717) is 22.5 Å². The van der Waals surface area contributed by atoms with Crippen LogP contribution in [0.15, 0.2) is 32.9 Å². The summed E-state index contributed by atoms with van der Waals surface area (Å²) in [5.74, 6) is -0.418. The summed E-state index contributed by atoms with van der Waals surface area (Å²) >= 11 is 3.30. The molecule has 7 heteroatoms. The molecule has 19 heavy (non-hydrogen) atoms. The van der Waals surface area contributed by atoms with Gasteiger partial charge in [0.05, 0.1) is 16.8 Å². The third-order valence-electron chi connectivity index (χ3n) is 2.26. The number of ether oxygens (including phenoxy) is 1. The molecular formula is C12H15BrN3O3+. The highest BCUT2D eigenvalue weighted by Crippen LogP contribution is 2.29. The van der Waals surface area contributed by atoms with Gasteiger partial charge in [0, 0.05) is 21.8 Å². The first-order valence-electron chi connectivity index (χ1n) is 5.73. The summed E-state index contributed by atoms with van der Waals surface area (Å²) in [5, 5.41) is 7.84. The second-order valence-electron chi connectivity index (χ2n) is 3.78. The van der Waals surface area contributed by atoms with Gasteiger partial charge in [-0.3, -0.25) is 0 Å². The molecule has 1 unspecified atom stereocenters. The average molecular weight is 329 g/mol. The molecule has 0 spiro atoms. The van der Waals surface area contributed by atoms with Crippen molar-refractivity contribution in [2.45, 2.75) is 19.9 Å². The number of azo groups is 1.